The lowest BCUT2D eigenvalue weighted by Crippen LogP contribution is -2.47. The number of ether oxygens (including phenoxy) is 1. The molecular formula is C22H30N4O6S2. The first kappa shape index (κ1) is 26.2. The number of hydrogen-bond donors (Lipinski definition) is 1. The number of hydrogen-bond acceptors (Lipinski definition) is 8. The number of benzene rings is 1. The van der Waals surface area contributed by atoms with E-state index in [0.29, 0.717) is 49.5 Å². The predicted octanol–water partition coefficient (Wildman–Crippen LogP) is 1.13. The normalized spacial score (nSPS) is 16.8. The van der Waals surface area contributed by atoms with E-state index in [1.165, 1.54) is 29.9 Å². The third-order valence-corrected chi connectivity index (χ3v) is 8.87. The number of nitrogens with zero attached hydrogens (tertiary/aromatic N) is 3. The first-order valence-corrected chi connectivity index (χ1v) is 14.2. The van der Waals surface area contributed by atoms with Crippen LogP contribution in [0.3, 0.4) is 0 Å². The van der Waals surface area contributed by atoms with Crippen LogP contribution < -0.4 is 4.72 Å². The van der Waals surface area contributed by atoms with Gasteiger partial charge in [0.2, 0.25) is 20.0 Å². The SMILES string of the molecule is COC(=O)c1ccc(CNS(=O)(=O)C(C)c2ccc(CN3CCN(S(C)(=O)=O)CC3)cc2)nc1. The van der Waals surface area contributed by atoms with Crippen LogP contribution in [-0.4, -0.2) is 76.5 Å². The molecule has 1 N–H and O–H groups in total. The van der Waals surface area contributed by atoms with Crippen LogP contribution in [0.25, 0.3) is 0 Å². The molecule has 0 aliphatic carbocycles. The van der Waals surface area contributed by atoms with E-state index in [1.54, 1.807) is 25.1 Å². The predicted molar refractivity (Wildman–Crippen MR) is 128 cm³/mol. The quantitative estimate of drug-likeness (QED) is 0.498. The van der Waals surface area contributed by atoms with Crippen molar-refractivity contribution < 1.29 is 26.4 Å². The Morgan fingerprint density at radius 2 is 1.71 bits per heavy atom. The molecule has 1 aromatic heterocycles. The summed E-state index contributed by atoms with van der Waals surface area (Å²) >= 11 is 0. The summed E-state index contributed by atoms with van der Waals surface area (Å²) in [6.45, 7) is 4.54. The van der Waals surface area contributed by atoms with Crippen molar-refractivity contribution in [1.29, 1.82) is 0 Å². The number of aromatic nitrogens is 1. The van der Waals surface area contributed by atoms with Crippen molar-refractivity contribution in [2.45, 2.75) is 25.3 Å². The van der Waals surface area contributed by atoms with Gasteiger partial charge in [0.1, 0.15) is 0 Å². The maximum Gasteiger partial charge on any atom is 0.339 e. The lowest BCUT2D eigenvalue weighted by atomic mass is 10.1. The zero-order valence-electron chi connectivity index (χ0n) is 19.5. The highest BCUT2D eigenvalue weighted by atomic mass is 32.2. The monoisotopic (exact) mass is 510 g/mol. The van der Waals surface area contributed by atoms with Gasteiger partial charge >= 0.3 is 5.97 Å². The second-order valence-electron chi connectivity index (χ2n) is 8.22. The average Bonchev–Trinajstić information content (AvgIpc) is 2.82. The first-order valence-electron chi connectivity index (χ1n) is 10.8. The number of esters is 1. The molecule has 2 aromatic rings. The van der Waals surface area contributed by atoms with E-state index < -0.39 is 31.3 Å². The van der Waals surface area contributed by atoms with Crippen molar-refractivity contribution in [2.24, 2.45) is 0 Å². The van der Waals surface area contributed by atoms with Gasteiger partial charge in [-0.05, 0) is 30.2 Å². The molecule has 1 saturated heterocycles. The Morgan fingerprint density at radius 3 is 2.24 bits per heavy atom. The number of piperazine rings is 1. The lowest BCUT2D eigenvalue weighted by Gasteiger charge is -2.33. The van der Waals surface area contributed by atoms with Crippen LogP contribution >= 0.6 is 0 Å². The molecule has 1 aliphatic rings. The number of nitrogens with one attached hydrogen (secondary N) is 1. The molecule has 1 aliphatic heterocycles. The minimum atomic E-state index is -3.66. The van der Waals surface area contributed by atoms with Crippen LogP contribution in [0.4, 0.5) is 0 Å². The van der Waals surface area contributed by atoms with Crippen molar-refractivity contribution in [3.63, 3.8) is 0 Å². The van der Waals surface area contributed by atoms with Crippen molar-refractivity contribution in [1.82, 2.24) is 18.9 Å². The molecule has 2 heterocycles. The fourth-order valence-electron chi connectivity index (χ4n) is 3.62. The molecule has 0 saturated carbocycles. The number of methoxy groups -OCH3 is 1. The van der Waals surface area contributed by atoms with Crippen LogP contribution in [0.2, 0.25) is 0 Å². The van der Waals surface area contributed by atoms with Gasteiger partial charge in [0.05, 0.1) is 36.4 Å². The summed E-state index contributed by atoms with van der Waals surface area (Å²) in [5.74, 6) is -0.507. The Kier molecular flexibility index (Phi) is 8.42. The fraction of sp³-hybridized carbons (Fsp3) is 0.455. The smallest absolute Gasteiger partial charge is 0.339 e. The second kappa shape index (κ2) is 10.9. The molecule has 186 valence electrons. The molecule has 10 nitrogen and oxygen atoms in total. The van der Waals surface area contributed by atoms with E-state index in [-0.39, 0.29) is 6.54 Å². The molecule has 0 spiro atoms. The molecule has 1 unspecified atom stereocenters. The summed E-state index contributed by atoms with van der Waals surface area (Å²) < 4.78 is 57.5. The highest BCUT2D eigenvalue weighted by Gasteiger charge is 2.24. The largest absolute Gasteiger partial charge is 0.465 e. The van der Waals surface area contributed by atoms with E-state index in [9.17, 15) is 21.6 Å². The Labute approximate surface area is 201 Å². The van der Waals surface area contributed by atoms with Gasteiger partial charge in [-0.2, -0.15) is 4.31 Å². The van der Waals surface area contributed by atoms with Gasteiger partial charge < -0.3 is 4.74 Å². The fourth-order valence-corrected chi connectivity index (χ4v) is 5.56. The summed E-state index contributed by atoms with van der Waals surface area (Å²) in [5.41, 5.74) is 2.46. The Morgan fingerprint density at radius 1 is 1.06 bits per heavy atom. The van der Waals surface area contributed by atoms with Gasteiger partial charge in [0.15, 0.2) is 0 Å². The Hall–Kier alpha value is -2.38. The van der Waals surface area contributed by atoms with Crippen molar-refractivity contribution >= 4 is 26.0 Å². The number of carbonyl (C=O) groups is 1. The van der Waals surface area contributed by atoms with Crippen LogP contribution in [0.1, 0.15) is 39.4 Å². The van der Waals surface area contributed by atoms with E-state index in [4.69, 9.17) is 0 Å². The Bertz CT molecular complexity index is 1190. The van der Waals surface area contributed by atoms with Gasteiger partial charge in [0, 0.05) is 38.9 Å². The molecule has 1 fully saturated rings. The third-order valence-electron chi connectivity index (χ3n) is 5.82. The van der Waals surface area contributed by atoms with Crippen LogP contribution in [0, 0.1) is 0 Å². The third kappa shape index (κ3) is 6.83. The van der Waals surface area contributed by atoms with Crippen molar-refractivity contribution in [3.8, 4) is 0 Å². The minimum Gasteiger partial charge on any atom is -0.465 e. The zero-order chi connectivity index (χ0) is 24.9. The molecule has 34 heavy (non-hydrogen) atoms. The lowest BCUT2D eigenvalue weighted by molar-refractivity contribution is 0.0600. The first-order chi connectivity index (χ1) is 16.0. The van der Waals surface area contributed by atoms with Crippen molar-refractivity contribution in [3.05, 3.63) is 65.0 Å². The minimum absolute atomic E-state index is 0.00562. The molecule has 0 bridgehead atoms. The summed E-state index contributed by atoms with van der Waals surface area (Å²) in [5, 5.41) is -0.769. The summed E-state index contributed by atoms with van der Waals surface area (Å²) in [6.07, 6.45) is 2.57. The molecule has 1 aromatic carbocycles. The standard InChI is InChI=1S/C22H30N4O6S2/c1-17(34(30,31)24-15-21-9-8-20(14-23-21)22(27)32-2)19-6-4-18(5-7-19)16-25-10-12-26(13-11-25)33(3,28)29/h4-9,14,17,24H,10-13,15-16H2,1-3H3. The number of rotatable bonds is 9. The summed E-state index contributed by atoms with van der Waals surface area (Å²) in [6, 6.07) is 10.5. The molecule has 1 atom stereocenters. The summed E-state index contributed by atoms with van der Waals surface area (Å²) in [4.78, 5) is 17.7. The van der Waals surface area contributed by atoms with Gasteiger partial charge in [-0.15, -0.1) is 0 Å². The topological polar surface area (TPSA) is 126 Å². The van der Waals surface area contributed by atoms with E-state index in [2.05, 4.69) is 19.3 Å². The molecular weight excluding hydrogens is 480 g/mol. The summed E-state index contributed by atoms with van der Waals surface area (Å²) in [7, 11) is -5.54. The highest BCUT2D eigenvalue weighted by molar-refractivity contribution is 7.89. The second-order valence-corrected chi connectivity index (χ2v) is 12.3. The van der Waals surface area contributed by atoms with E-state index in [1.807, 2.05) is 12.1 Å². The average molecular weight is 511 g/mol. The molecule has 3 rings (SSSR count). The van der Waals surface area contributed by atoms with Gasteiger partial charge in [-0.3, -0.25) is 9.88 Å². The highest BCUT2D eigenvalue weighted by Crippen LogP contribution is 2.22. The molecule has 0 amide bonds. The maximum absolute atomic E-state index is 12.8. The van der Waals surface area contributed by atoms with Gasteiger partial charge in [-0.1, -0.05) is 24.3 Å². The van der Waals surface area contributed by atoms with Gasteiger partial charge in [-0.25, -0.2) is 26.4 Å². The number of sulfonamides is 2. The zero-order valence-corrected chi connectivity index (χ0v) is 21.1. The van der Waals surface area contributed by atoms with Crippen molar-refractivity contribution in [2.75, 3.05) is 39.5 Å². The Balaban J connectivity index is 1.54. The van der Waals surface area contributed by atoms with Crippen LogP contribution in [-0.2, 0) is 37.9 Å². The van der Waals surface area contributed by atoms with E-state index >= 15 is 0 Å². The van der Waals surface area contributed by atoms with Crippen LogP contribution in [0.5, 0.6) is 0 Å². The molecule has 12 heteroatoms. The molecule has 0 radical (unpaired) electrons. The van der Waals surface area contributed by atoms with Crippen LogP contribution in [0.15, 0.2) is 42.6 Å². The number of carbonyl (C=O) groups excluding carboxylic acids is 1. The maximum atomic E-state index is 12.8. The number of pyridine rings is 1. The van der Waals surface area contributed by atoms with Gasteiger partial charge in [0.25, 0.3) is 0 Å². The van der Waals surface area contributed by atoms with E-state index in [0.717, 1.165) is 5.56 Å².